The zero-order valence-electron chi connectivity index (χ0n) is 14.2. The average molecular weight is 371 g/mol. The number of hydrogen-bond donors (Lipinski definition) is 1. The Kier molecular flexibility index (Phi) is 4.55. The molecule has 1 atom stereocenters. The molecule has 26 heavy (non-hydrogen) atoms. The molecule has 0 aliphatic carbocycles. The van der Waals surface area contributed by atoms with E-state index in [4.69, 9.17) is 16.3 Å². The molecule has 2 heterocycles. The summed E-state index contributed by atoms with van der Waals surface area (Å²) in [6.07, 6.45) is 2.04. The molecule has 0 saturated carbocycles. The smallest absolute Gasteiger partial charge is 0.231 e. The van der Waals surface area contributed by atoms with E-state index in [1.807, 2.05) is 36.4 Å². The number of halogens is 1. The highest BCUT2D eigenvalue weighted by Crippen LogP contribution is 2.31. The maximum Gasteiger partial charge on any atom is 0.231 e. The molecule has 0 radical (unpaired) electrons. The van der Waals surface area contributed by atoms with Crippen molar-refractivity contribution in [1.82, 2.24) is 0 Å². The van der Waals surface area contributed by atoms with Gasteiger partial charge in [0, 0.05) is 29.4 Å². The molecular weight excluding hydrogens is 352 g/mol. The minimum absolute atomic E-state index is 0.0967. The number of ether oxygens (including phenoxy) is 1. The van der Waals surface area contributed by atoms with Crippen LogP contribution >= 0.6 is 11.6 Å². The van der Waals surface area contributed by atoms with Gasteiger partial charge in [-0.2, -0.15) is 0 Å². The number of anilines is 2. The summed E-state index contributed by atoms with van der Waals surface area (Å²) >= 11 is 6.04. The van der Waals surface area contributed by atoms with Crippen molar-refractivity contribution in [3.05, 3.63) is 53.1 Å². The third kappa shape index (κ3) is 3.40. The van der Waals surface area contributed by atoms with Gasteiger partial charge in [0.25, 0.3) is 0 Å². The Hall–Kier alpha value is -2.53. The van der Waals surface area contributed by atoms with E-state index in [1.54, 1.807) is 11.0 Å². The number of carbonyl (C=O) groups excluding carboxylic acids is 2. The van der Waals surface area contributed by atoms with Gasteiger partial charge in [-0.25, -0.2) is 0 Å². The minimum Gasteiger partial charge on any atom is -0.492 e. The van der Waals surface area contributed by atoms with Crippen LogP contribution in [-0.2, 0) is 16.0 Å². The molecule has 1 saturated heterocycles. The van der Waals surface area contributed by atoms with Crippen molar-refractivity contribution in [3.8, 4) is 5.75 Å². The van der Waals surface area contributed by atoms with E-state index >= 15 is 0 Å². The summed E-state index contributed by atoms with van der Waals surface area (Å²) in [5.74, 6) is 0.536. The summed E-state index contributed by atoms with van der Waals surface area (Å²) in [4.78, 5) is 26.3. The third-order valence-electron chi connectivity index (χ3n) is 4.80. The van der Waals surface area contributed by atoms with Crippen molar-refractivity contribution >= 4 is 34.8 Å². The molecule has 2 aromatic rings. The maximum absolute atomic E-state index is 12.7. The first-order valence-electron chi connectivity index (χ1n) is 8.73. The molecule has 0 bridgehead atoms. The van der Waals surface area contributed by atoms with E-state index in [9.17, 15) is 9.59 Å². The van der Waals surface area contributed by atoms with Gasteiger partial charge in [-0.15, -0.1) is 0 Å². The molecule has 0 unspecified atom stereocenters. The van der Waals surface area contributed by atoms with E-state index in [2.05, 4.69) is 5.32 Å². The second-order valence-electron chi connectivity index (χ2n) is 6.65. The van der Waals surface area contributed by atoms with Crippen molar-refractivity contribution < 1.29 is 14.3 Å². The molecule has 2 aromatic carbocycles. The Bertz CT molecular complexity index is 868. The number of fused-ring (bicyclic) bond motifs is 1. The molecule has 2 aliphatic rings. The Morgan fingerprint density at radius 2 is 2.12 bits per heavy atom. The fourth-order valence-corrected chi connectivity index (χ4v) is 3.64. The summed E-state index contributed by atoms with van der Waals surface area (Å²) in [7, 11) is 0. The number of amides is 2. The lowest BCUT2D eigenvalue weighted by Gasteiger charge is -2.25. The van der Waals surface area contributed by atoms with Crippen LogP contribution < -0.4 is 15.0 Å². The molecule has 134 valence electrons. The Morgan fingerprint density at radius 1 is 1.23 bits per heavy atom. The molecule has 2 aliphatic heterocycles. The highest BCUT2D eigenvalue weighted by atomic mass is 35.5. The van der Waals surface area contributed by atoms with E-state index in [0.29, 0.717) is 30.2 Å². The van der Waals surface area contributed by atoms with Crippen LogP contribution in [0.2, 0.25) is 5.02 Å². The summed E-state index contributed by atoms with van der Waals surface area (Å²) in [5, 5.41) is 3.58. The summed E-state index contributed by atoms with van der Waals surface area (Å²) in [6, 6.07) is 12.9. The SMILES string of the molecule is O=C(Nc1cccc(N2CCCC2=O)c1)[C@@H]1COc2ccc(Cl)cc2C1. The van der Waals surface area contributed by atoms with Gasteiger partial charge in [-0.05, 0) is 54.8 Å². The van der Waals surface area contributed by atoms with Crippen molar-refractivity contribution in [1.29, 1.82) is 0 Å². The Labute approximate surface area is 156 Å². The third-order valence-corrected chi connectivity index (χ3v) is 5.03. The predicted octanol–water partition coefficient (Wildman–Crippen LogP) is 3.66. The lowest BCUT2D eigenvalue weighted by atomic mass is 9.96. The second kappa shape index (κ2) is 7.00. The first-order chi connectivity index (χ1) is 12.6. The molecule has 2 amide bonds. The number of rotatable bonds is 3. The zero-order chi connectivity index (χ0) is 18.1. The molecular formula is C20H19ClN2O3. The predicted molar refractivity (Wildman–Crippen MR) is 101 cm³/mol. The van der Waals surface area contributed by atoms with Crippen LogP contribution in [-0.4, -0.2) is 25.0 Å². The van der Waals surface area contributed by atoms with Crippen LogP contribution in [0.15, 0.2) is 42.5 Å². The lowest BCUT2D eigenvalue weighted by Crippen LogP contribution is -2.32. The second-order valence-corrected chi connectivity index (χ2v) is 7.09. The molecule has 1 N–H and O–H groups in total. The van der Waals surface area contributed by atoms with Crippen LogP contribution in [0.4, 0.5) is 11.4 Å². The van der Waals surface area contributed by atoms with Gasteiger partial charge in [0.05, 0.1) is 5.92 Å². The van der Waals surface area contributed by atoms with Crippen molar-refractivity contribution in [2.75, 3.05) is 23.4 Å². The minimum atomic E-state index is -0.280. The van der Waals surface area contributed by atoms with Crippen molar-refractivity contribution in [2.24, 2.45) is 5.92 Å². The first-order valence-corrected chi connectivity index (χ1v) is 9.10. The molecule has 0 spiro atoms. The summed E-state index contributed by atoms with van der Waals surface area (Å²) < 4.78 is 5.70. The highest BCUT2D eigenvalue weighted by molar-refractivity contribution is 6.30. The fourth-order valence-electron chi connectivity index (χ4n) is 3.45. The highest BCUT2D eigenvalue weighted by Gasteiger charge is 2.27. The topological polar surface area (TPSA) is 58.6 Å². The quantitative estimate of drug-likeness (QED) is 0.897. The monoisotopic (exact) mass is 370 g/mol. The molecule has 1 fully saturated rings. The average Bonchev–Trinajstić information content (AvgIpc) is 3.07. The van der Waals surface area contributed by atoms with Gasteiger partial charge in [0.2, 0.25) is 11.8 Å². The van der Waals surface area contributed by atoms with E-state index in [1.165, 1.54) is 0 Å². The zero-order valence-corrected chi connectivity index (χ0v) is 15.0. The van der Waals surface area contributed by atoms with E-state index in [-0.39, 0.29) is 17.7 Å². The van der Waals surface area contributed by atoms with Gasteiger partial charge < -0.3 is 15.0 Å². The Morgan fingerprint density at radius 3 is 2.92 bits per heavy atom. The van der Waals surface area contributed by atoms with E-state index in [0.717, 1.165) is 30.0 Å². The van der Waals surface area contributed by atoms with Crippen LogP contribution in [0, 0.1) is 5.92 Å². The normalized spacial score (nSPS) is 19.0. The number of nitrogens with one attached hydrogen (secondary N) is 1. The number of benzene rings is 2. The lowest BCUT2D eigenvalue weighted by molar-refractivity contribution is -0.121. The largest absolute Gasteiger partial charge is 0.492 e. The fraction of sp³-hybridized carbons (Fsp3) is 0.300. The van der Waals surface area contributed by atoms with E-state index < -0.39 is 0 Å². The summed E-state index contributed by atoms with van der Waals surface area (Å²) in [5.41, 5.74) is 2.45. The van der Waals surface area contributed by atoms with Gasteiger partial charge in [-0.1, -0.05) is 17.7 Å². The van der Waals surface area contributed by atoms with Gasteiger partial charge in [0.1, 0.15) is 12.4 Å². The number of hydrogen-bond acceptors (Lipinski definition) is 3. The van der Waals surface area contributed by atoms with Crippen LogP contribution in [0.1, 0.15) is 18.4 Å². The standard InChI is InChI=1S/C20H19ClN2O3/c21-15-6-7-18-13(10-15)9-14(12-26-18)20(25)22-16-3-1-4-17(11-16)23-8-2-5-19(23)24/h1,3-4,6-7,10-11,14H,2,5,8-9,12H2,(H,22,25)/t14-/m0/s1. The molecule has 5 nitrogen and oxygen atoms in total. The van der Waals surface area contributed by atoms with Crippen LogP contribution in [0.5, 0.6) is 5.75 Å². The number of carbonyl (C=O) groups is 2. The maximum atomic E-state index is 12.7. The van der Waals surface area contributed by atoms with Gasteiger partial charge in [-0.3, -0.25) is 9.59 Å². The Balaban J connectivity index is 1.46. The first kappa shape index (κ1) is 16.9. The van der Waals surface area contributed by atoms with Gasteiger partial charge in [0.15, 0.2) is 0 Å². The summed E-state index contributed by atoms with van der Waals surface area (Å²) in [6.45, 7) is 1.06. The molecule has 6 heteroatoms. The number of nitrogens with zero attached hydrogens (tertiary/aromatic N) is 1. The molecule has 0 aromatic heterocycles. The van der Waals surface area contributed by atoms with Crippen molar-refractivity contribution in [3.63, 3.8) is 0 Å². The van der Waals surface area contributed by atoms with Crippen molar-refractivity contribution in [2.45, 2.75) is 19.3 Å². The van der Waals surface area contributed by atoms with Crippen LogP contribution in [0.25, 0.3) is 0 Å². The van der Waals surface area contributed by atoms with Crippen LogP contribution in [0.3, 0.4) is 0 Å². The molecule has 4 rings (SSSR count). The van der Waals surface area contributed by atoms with Gasteiger partial charge >= 0.3 is 0 Å².